The summed E-state index contributed by atoms with van der Waals surface area (Å²) in [5.74, 6) is 0.140. The lowest BCUT2D eigenvalue weighted by Gasteiger charge is -2.27. The Morgan fingerprint density at radius 3 is 2.67 bits per heavy atom. The average molecular weight is 257 g/mol. The highest BCUT2D eigenvalue weighted by Gasteiger charge is 2.22. The second-order valence-corrected chi connectivity index (χ2v) is 5.52. The van der Waals surface area contributed by atoms with Gasteiger partial charge in [-0.2, -0.15) is 0 Å². The molecule has 0 saturated carbocycles. The van der Waals surface area contributed by atoms with Gasteiger partial charge in [-0.05, 0) is 33.6 Å². The molecule has 0 aromatic heterocycles. The summed E-state index contributed by atoms with van der Waals surface area (Å²) < 4.78 is 10.6. The van der Waals surface area contributed by atoms with E-state index in [1.807, 2.05) is 20.8 Å². The van der Waals surface area contributed by atoms with Crippen LogP contribution in [-0.2, 0) is 14.3 Å². The summed E-state index contributed by atoms with van der Waals surface area (Å²) in [4.78, 5) is 24.8. The van der Waals surface area contributed by atoms with E-state index in [2.05, 4.69) is 0 Å². The average Bonchev–Trinajstić information content (AvgIpc) is 2.24. The Labute approximate surface area is 108 Å². The molecule has 1 heterocycles. The minimum atomic E-state index is -0.483. The lowest BCUT2D eigenvalue weighted by Crippen LogP contribution is -2.39. The predicted molar refractivity (Wildman–Crippen MR) is 67.5 cm³/mol. The Hall–Kier alpha value is -1.10. The minimum absolute atomic E-state index is 0.140. The van der Waals surface area contributed by atoms with Crippen molar-refractivity contribution < 1.29 is 19.1 Å². The molecule has 0 unspecified atom stereocenters. The van der Waals surface area contributed by atoms with Gasteiger partial charge in [-0.1, -0.05) is 0 Å². The van der Waals surface area contributed by atoms with Gasteiger partial charge in [0.25, 0.3) is 0 Å². The number of ether oxygens (including phenoxy) is 2. The second kappa shape index (κ2) is 6.73. The third-order valence-corrected chi connectivity index (χ3v) is 2.55. The molecule has 1 fully saturated rings. The first-order valence-corrected chi connectivity index (χ1v) is 6.46. The summed E-state index contributed by atoms with van der Waals surface area (Å²) in [5.41, 5.74) is -0.483. The molecule has 0 radical (unpaired) electrons. The van der Waals surface area contributed by atoms with Gasteiger partial charge >= 0.3 is 6.09 Å². The van der Waals surface area contributed by atoms with E-state index in [0.29, 0.717) is 26.1 Å². The van der Waals surface area contributed by atoms with Crippen molar-refractivity contribution in [3.63, 3.8) is 0 Å². The molecular formula is C13H23NO4. The summed E-state index contributed by atoms with van der Waals surface area (Å²) >= 11 is 0. The van der Waals surface area contributed by atoms with E-state index in [-0.39, 0.29) is 18.5 Å². The maximum absolute atomic E-state index is 11.9. The zero-order valence-electron chi connectivity index (χ0n) is 11.5. The van der Waals surface area contributed by atoms with Gasteiger partial charge < -0.3 is 14.4 Å². The summed E-state index contributed by atoms with van der Waals surface area (Å²) in [5, 5.41) is 0. The third kappa shape index (κ3) is 6.00. The van der Waals surface area contributed by atoms with Crippen molar-refractivity contribution in [3.8, 4) is 0 Å². The van der Waals surface area contributed by atoms with Gasteiger partial charge in [0.05, 0.1) is 6.61 Å². The standard InChI is InChI=1S/C13H23NO4/c1-13(2,3)18-12(16)14-7-5-4-6-11(15)10-17-9-8-14/h4-10H2,1-3H3. The Bertz CT molecular complexity index is 282. The van der Waals surface area contributed by atoms with Crippen molar-refractivity contribution in [2.75, 3.05) is 26.3 Å². The lowest BCUT2D eigenvalue weighted by atomic mass is 10.1. The highest BCUT2D eigenvalue weighted by Crippen LogP contribution is 2.11. The molecule has 0 aliphatic carbocycles. The van der Waals surface area contributed by atoms with Crippen molar-refractivity contribution >= 4 is 11.9 Å². The Kier molecular flexibility index (Phi) is 5.59. The highest BCUT2D eigenvalue weighted by atomic mass is 16.6. The fraction of sp³-hybridized carbons (Fsp3) is 0.846. The third-order valence-electron chi connectivity index (χ3n) is 2.55. The zero-order valence-corrected chi connectivity index (χ0v) is 11.5. The van der Waals surface area contributed by atoms with Crippen LogP contribution in [0.2, 0.25) is 0 Å². The smallest absolute Gasteiger partial charge is 0.410 e. The van der Waals surface area contributed by atoms with Gasteiger partial charge in [-0.15, -0.1) is 0 Å². The van der Waals surface area contributed by atoms with Crippen molar-refractivity contribution in [1.82, 2.24) is 4.90 Å². The molecular weight excluding hydrogens is 234 g/mol. The number of rotatable bonds is 0. The largest absolute Gasteiger partial charge is 0.444 e. The molecule has 1 saturated heterocycles. The Morgan fingerprint density at radius 1 is 1.28 bits per heavy atom. The fourth-order valence-corrected chi connectivity index (χ4v) is 1.68. The Morgan fingerprint density at radius 2 is 2.00 bits per heavy atom. The minimum Gasteiger partial charge on any atom is -0.444 e. The fourth-order valence-electron chi connectivity index (χ4n) is 1.68. The molecule has 104 valence electrons. The number of Topliss-reactive ketones (excluding diaryl/α,β-unsaturated/α-hetero) is 1. The molecule has 0 aromatic rings. The quantitative estimate of drug-likeness (QED) is 0.666. The molecule has 0 aromatic carbocycles. The molecule has 0 N–H and O–H groups in total. The van der Waals surface area contributed by atoms with Gasteiger partial charge in [-0.25, -0.2) is 4.79 Å². The van der Waals surface area contributed by atoms with Gasteiger partial charge in [-0.3, -0.25) is 4.79 Å². The van der Waals surface area contributed by atoms with Gasteiger partial charge in [0.1, 0.15) is 12.2 Å². The van der Waals surface area contributed by atoms with Crippen LogP contribution in [0.5, 0.6) is 0 Å². The lowest BCUT2D eigenvalue weighted by molar-refractivity contribution is -0.124. The van der Waals surface area contributed by atoms with Crippen LogP contribution in [0, 0.1) is 0 Å². The predicted octanol–water partition coefficient (Wildman–Crippen LogP) is 1.99. The van der Waals surface area contributed by atoms with E-state index in [4.69, 9.17) is 9.47 Å². The molecule has 1 aliphatic rings. The molecule has 5 heteroatoms. The first-order chi connectivity index (χ1) is 8.38. The van der Waals surface area contributed by atoms with Gasteiger partial charge in [0.2, 0.25) is 0 Å². The van der Waals surface area contributed by atoms with E-state index in [1.54, 1.807) is 4.90 Å². The maximum atomic E-state index is 11.9. The number of amides is 1. The van der Waals surface area contributed by atoms with Crippen molar-refractivity contribution in [3.05, 3.63) is 0 Å². The summed E-state index contributed by atoms with van der Waals surface area (Å²) in [6.07, 6.45) is 1.84. The number of carbonyl (C=O) groups excluding carboxylic acids is 2. The van der Waals surface area contributed by atoms with E-state index < -0.39 is 5.60 Å². The molecule has 1 amide bonds. The molecule has 0 bridgehead atoms. The van der Waals surface area contributed by atoms with E-state index in [0.717, 1.165) is 12.8 Å². The topological polar surface area (TPSA) is 55.8 Å². The van der Waals surface area contributed by atoms with Crippen LogP contribution in [0.1, 0.15) is 40.0 Å². The van der Waals surface area contributed by atoms with Gasteiger partial charge in [0.15, 0.2) is 5.78 Å². The molecule has 0 atom stereocenters. The van der Waals surface area contributed by atoms with Crippen LogP contribution >= 0.6 is 0 Å². The number of hydrogen-bond acceptors (Lipinski definition) is 4. The normalized spacial score (nSPS) is 19.5. The molecule has 5 nitrogen and oxygen atoms in total. The van der Waals surface area contributed by atoms with Crippen LogP contribution in [-0.4, -0.2) is 48.7 Å². The summed E-state index contributed by atoms with van der Waals surface area (Å²) in [6, 6.07) is 0. The second-order valence-electron chi connectivity index (χ2n) is 5.52. The van der Waals surface area contributed by atoms with Crippen LogP contribution in [0.3, 0.4) is 0 Å². The summed E-state index contributed by atoms with van der Waals surface area (Å²) in [6.45, 7) is 7.17. The molecule has 1 aliphatic heterocycles. The van der Waals surface area contributed by atoms with E-state index >= 15 is 0 Å². The van der Waals surface area contributed by atoms with Crippen molar-refractivity contribution in [2.24, 2.45) is 0 Å². The highest BCUT2D eigenvalue weighted by molar-refractivity contribution is 5.79. The molecule has 0 spiro atoms. The Balaban J connectivity index is 2.48. The van der Waals surface area contributed by atoms with Crippen LogP contribution in [0.25, 0.3) is 0 Å². The zero-order chi connectivity index (χ0) is 13.6. The number of nitrogens with zero attached hydrogens (tertiary/aromatic N) is 1. The van der Waals surface area contributed by atoms with Gasteiger partial charge in [0, 0.05) is 19.5 Å². The van der Waals surface area contributed by atoms with Crippen LogP contribution < -0.4 is 0 Å². The number of hydrogen-bond donors (Lipinski definition) is 0. The first kappa shape index (κ1) is 15.0. The van der Waals surface area contributed by atoms with E-state index in [9.17, 15) is 9.59 Å². The van der Waals surface area contributed by atoms with Crippen LogP contribution in [0.15, 0.2) is 0 Å². The van der Waals surface area contributed by atoms with Crippen molar-refractivity contribution in [2.45, 2.75) is 45.6 Å². The van der Waals surface area contributed by atoms with E-state index in [1.165, 1.54) is 0 Å². The summed E-state index contributed by atoms with van der Waals surface area (Å²) in [7, 11) is 0. The number of carbonyl (C=O) groups is 2. The molecule has 18 heavy (non-hydrogen) atoms. The first-order valence-electron chi connectivity index (χ1n) is 6.46. The SMILES string of the molecule is CC(C)(C)OC(=O)N1CCCCC(=O)COCC1. The van der Waals surface area contributed by atoms with Crippen molar-refractivity contribution in [1.29, 1.82) is 0 Å². The monoisotopic (exact) mass is 257 g/mol. The maximum Gasteiger partial charge on any atom is 0.410 e. The number of ketones is 1. The molecule has 1 rings (SSSR count). The van der Waals surface area contributed by atoms with Crippen LogP contribution in [0.4, 0.5) is 4.79 Å².